The van der Waals surface area contributed by atoms with E-state index in [0.29, 0.717) is 11.8 Å². The maximum atomic E-state index is 5.88. The summed E-state index contributed by atoms with van der Waals surface area (Å²) in [5.41, 5.74) is 8.23. The van der Waals surface area contributed by atoms with Gasteiger partial charge in [0.1, 0.15) is 0 Å². The van der Waals surface area contributed by atoms with Crippen LogP contribution in [0.5, 0.6) is 0 Å². The van der Waals surface area contributed by atoms with Gasteiger partial charge in [-0.05, 0) is 41.0 Å². The Hall–Kier alpha value is -1.02. The highest BCUT2D eigenvalue weighted by molar-refractivity contribution is 7.19. The van der Waals surface area contributed by atoms with Gasteiger partial charge in [0.15, 0.2) is 0 Å². The summed E-state index contributed by atoms with van der Waals surface area (Å²) >= 11 is 1.91. The molecule has 0 bridgehead atoms. The number of benzene rings is 1. The number of fused-ring (bicyclic) bond motifs is 1. The molecule has 1 aromatic carbocycles. The summed E-state index contributed by atoms with van der Waals surface area (Å²) in [6.07, 6.45) is 0. The molecule has 86 valence electrons. The molecule has 0 spiro atoms. The number of thiophene rings is 1. The van der Waals surface area contributed by atoms with Crippen molar-refractivity contribution >= 4 is 27.1 Å². The van der Waals surface area contributed by atoms with Crippen LogP contribution in [0.15, 0.2) is 18.2 Å². The van der Waals surface area contributed by atoms with E-state index in [0.717, 1.165) is 5.69 Å². The first-order valence-corrected chi connectivity index (χ1v) is 6.64. The highest BCUT2D eigenvalue weighted by Gasteiger charge is 2.17. The molecule has 0 amide bonds. The molecule has 0 aliphatic carbocycles. The van der Waals surface area contributed by atoms with Gasteiger partial charge in [0.2, 0.25) is 0 Å². The van der Waals surface area contributed by atoms with Crippen molar-refractivity contribution in [1.82, 2.24) is 0 Å². The summed E-state index contributed by atoms with van der Waals surface area (Å²) < 4.78 is 1.36. The Balaban J connectivity index is 2.77. The summed E-state index contributed by atoms with van der Waals surface area (Å²) in [6, 6.07) is 6.26. The van der Waals surface area contributed by atoms with Gasteiger partial charge in [0.25, 0.3) is 0 Å². The second-order valence-corrected chi connectivity index (χ2v) is 6.03. The van der Waals surface area contributed by atoms with E-state index in [2.05, 4.69) is 39.8 Å². The molecule has 0 radical (unpaired) electrons. The minimum atomic E-state index is 0.563. The third kappa shape index (κ3) is 1.82. The molecule has 2 N–H and O–H groups in total. The Kier molecular flexibility index (Phi) is 2.94. The zero-order valence-electron chi connectivity index (χ0n) is 10.4. The molecule has 2 heteroatoms. The van der Waals surface area contributed by atoms with Gasteiger partial charge in [-0.15, -0.1) is 11.3 Å². The van der Waals surface area contributed by atoms with Crippen molar-refractivity contribution in [3.05, 3.63) is 28.6 Å². The van der Waals surface area contributed by atoms with E-state index in [9.17, 15) is 0 Å². The molecule has 1 aromatic heterocycles. The molecule has 1 heterocycles. The molecule has 2 rings (SSSR count). The monoisotopic (exact) mass is 233 g/mol. The lowest BCUT2D eigenvalue weighted by molar-refractivity contribution is 0.815. The highest BCUT2D eigenvalue weighted by Crippen LogP contribution is 2.40. The van der Waals surface area contributed by atoms with Gasteiger partial charge in [-0.1, -0.05) is 27.7 Å². The van der Waals surface area contributed by atoms with Gasteiger partial charge in [-0.25, -0.2) is 0 Å². The SMILES string of the molecule is CC(C)c1sc2ccc(N)cc2c1C(C)C. The molecule has 0 saturated heterocycles. The van der Waals surface area contributed by atoms with E-state index in [1.165, 1.54) is 20.5 Å². The molecule has 2 aromatic rings. The van der Waals surface area contributed by atoms with Crippen molar-refractivity contribution in [2.75, 3.05) is 5.73 Å². The Bertz CT molecular complexity index is 509. The fourth-order valence-electron chi connectivity index (χ4n) is 2.18. The van der Waals surface area contributed by atoms with E-state index in [4.69, 9.17) is 5.73 Å². The molecule has 0 fully saturated rings. The van der Waals surface area contributed by atoms with E-state index in [1.54, 1.807) is 0 Å². The third-order valence-corrected chi connectivity index (χ3v) is 4.37. The van der Waals surface area contributed by atoms with Crippen LogP contribution in [-0.4, -0.2) is 0 Å². The van der Waals surface area contributed by atoms with Crippen LogP contribution in [0.3, 0.4) is 0 Å². The third-order valence-electron chi connectivity index (χ3n) is 2.88. The Morgan fingerprint density at radius 3 is 2.31 bits per heavy atom. The highest BCUT2D eigenvalue weighted by atomic mass is 32.1. The summed E-state index contributed by atoms with van der Waals surface area (Å²) in [5.74, 6) is 1.16. The van der Waals surface area contributed by atoms with Gasteiger partial charge in [0, 0.05) is 15.3 Å². The van der Waals surface area contributed by atoms with Crippen LogP contribution in [-0.2, 0) is 0 Å². The van der Waals surface area contributed by atoms with Crippen LogP contribution >= 0.6 is 11.3 Å². The summed E-state index contributed by atoms with van der Waals surface area (Å²) in [7, 11) is 0. The van der Waals surface area contributed by atoms with Gasteiger partial charge < -0.3 is 5.73 Å². The smallest absolute Gasteiger partial charge is 0.0350 e. The molecule has 0 saturated carbocycles. The number of nitrogen functional groups attached to an aromatic ring is 1. The lowest BCUT2D eigenvalue weighted by Crippen LogP contribution is -1.93. The van der Waals surface area contributed by atoms with E-state index in [-0.39, 0.29) is 0 Å². The Labute approximate surface area is 101 Å². The first-order chi connectivity index (χ1) is 7.50. The summed E-state index contributed by atoms with van der Waals surface area (Å²) in [6.45, 7) is 9.05. The Morgan fingerprint density at radius 2 is 1.75 bits per heavy atom. The molecule has 16 heavy (non-hydrogen) atoms. The van der Waals surface area contributed by atoms with Crippen molar-refractivity contribution in [3.63, 3.8) is 0 Å². The van der Waals surface area contributed by atoms with Crippen molar-refractivity contribution in [3.8, 4) is 0 Å². The second kappa shape index (κ2) is 4.10. The van der Waals surface area contributed by atoms with Gasteiger partial charge in [-0.3, -0.25) is 0 Å². The average Bonchev–Trinajstić information content (AvgIpc) is 2.55. The van der Waals surface area contributed by atoms with Crippen LogP contribution in [0, 0.1) is 0 Å². The first kappa shape index (κ1) is 11.5. The molecular weight excluding hydrogens is 214 g/mol. The maximum Gasteiger partial charge on any atom is 0.0350 e. The Morgan fingerprint density at radius 1 is 1.06 bits per heavy atom. The van der Waals surface area contributed by atoms with E-state index >= 15 is 0 Å². The maximum absolute atomic E-state index is 5.88. The topological polar surface area (TPSA) is 26.0 Å². The standard InChI is InChI=1S/C14H19NS/c1-8(2)13-11-7-10(15)5-6-12(11)16-14(13)9(3)4/h5-9H,15H2,1-4H3. The minimum Gasteiger partial charge on any atom is -0.399 e. The second-order valence-electron chi connectivity index (χ2n) is 4.94. The quantitative estimate of drug-likeness (QED) is 0.745. The van der Waals surface area contributed by atoms with Crippen LogP contribution in [0.2, 0.25) is 0 Å². The lowest BCUT2D eigenvalue weighted by Gasteiger charge is -2.10. The largest absolute Gasteiger partial charge is 0.399 e. The van der Waals surface area contributed by atoms with Crippen LogP contribution < -0.4 is 5.73 Å². The zero-order chi connectivity index (χ0) is 11.9. The molecular formula is C14H19NS. The summed E-state index contributed by atoms with van der Waals surface area (Å²) in [5, 5.41) is 1.35. The molecule has 0 aliphatic heterocycles. The zero-order valence-corrected chi connectivity index (χ0v) is 11.2. The van der Waals surface area contributed by atoms with Crippen molar-refractivity contribution in [2.24, 2.45) is 0 Å². The van der Waals surface area contributed by atoms with E-state index < -0.39 is 0 Å². The summed E-state index contributed by atoms with van der Waals surface area (Å²) in [4.78, 5) is 1.51. The van der Waals surface area contributed by atoms with Crippen LogP contribution in [0.25, 0.3) is 10.1 Å². The average molecular weight is 233 g/mol. The predicted molar refractivity (Wildman–Crippen MR) is 74.4 cm³/mol. The molecule has 1 nitrogen and oxygen atoms in total. The number of anilines is 1. The lowest BCUT2D eigenvalue weighted by atomic mass is 9.95. The van der Waals surface area contributed by atoms with Crippen molar-refractivity contribution < 1.29 is 0 Å². The van der Waals surface area contributed by atoms with Gasteiger partial charge in [-0.2, -0.15) is 0 Å². The molecule has 0 atom stereocenters. The van der Waals surface area contributed by atoms with Gasteiger partial charge >= 0.3 is 0 Å². The molecule has 0 aliphatic rings. The first-order valence-electron chi connectivity index (χ1n) is 5.82. The van der Waals surface area contributed by atoms with Gasteiger partial charge in [0.05, 0.1) is 0 Å². The fourth-order valence-corrected chi connectivity index (χ4v) is 3.52. The number of hydrogen-bond acceptors (Lipinski definition) is 2. The minimum absolute atomic E-state index is 0.563. The number of hydrogen-bond donors (Lipinski definition) is 1. The number of nitrogens with two attached hydrogens (primary N) is 1. The van der Waals surface area contributed by atoms with Crippen molar-refractivity contribution in [2.45, 2.75) is 39.5 Å². The number of rotatable bonds is 2. The predicted octanol–water partition coefficient (Wildman–Crippen LogP) is 4.73. The normalized spacial score (nSPS) is 11.9. The van der Waals surface area contributed by atoms with E-state index in [1.807, 2.05) is 17.4 Å². The van der Waals surface area contributed by atoms with Crippen LogP contribution in [0.1, 0.15) is 50.0 Å². The molecule has 0 unspecified atom stereocenters. The van der Waals surface area contributed by atoms with Crippen molar-refractivity contribution in [1.29, 1.82) is 0 Å². The van der Waals surface area contributed by atoms with Crippen LogP contribution in [0.4, 0.5) is 5.69 Å². The fraction of sp³-hybridized carbons (Fsp3) is 0.429.